The predicted molar refractivity (Wildman–Crippen MR) is 67.7 cm³/mol. The fourth-order valence-corrected chi connectivity index (χ4v) is 2.10. The molecule has 0 unspecified atom stereocenters. The zero-order valence-corrected chi connectivity index (χ0v) is 10.4. The van der Waals surface area contributed by atoms with Gasteiger partial charge in [0.25, 0.3) is 5.91 Å². The van der Waals surface area contributed by atoms with Gasteiger partial charge in [0, 0.05) is 24.4 Å². The average molecular weight is 247 g/mol. The molecule has 1 aliphatic carbocycles. The maximum atomic E-state index is 12.0. The second-order valence-corrected chi connectivity index (χ2v) is 4.51. The lowest BCUT2D eigenvalue weighted by molar-refractivity contribution is -0.120. The highest BCUT2D eigenvalue weighted by molar-refractivity contribution is 5.94. The van der Waals surface area contributed by atoms with Crippen LogP contribution in [-0.2, 0) is 4.79 Å². The van der Waals surface area contributed by atoms with E-state index in [-0.39, 0.29) is 11.9 Å². The van der Waals surface area contributed by atoms with E-state index in [4.69, 9.17) is 4.74 Å². The number of benzene rings is 1. The maximum Gasteiger partial charge on any atom is 0.251 e. The summed E-state index contributed by atoms with van der Waals surface area (Å²) in [7, 11) is 1.59. The predicted octanol–water partition coefficient (Wildman–Crippen LogP) is 1.94. The number of hydrogen-bond donors (Lipinski definition) is 1. The molecule has 96 valence electrons. The molecular weight excluding hydrogens is 230 g/mol. The number of nitrogens with one attached hydrogen (secondary N) is 1. The van der Waals surface area contributed by atoms with E-state index in [0.717, 1.165) is 18.6 Å². The minimum atomic E-state index is -0.0861. The van der Waals surface area contributed by atoms with E-state index in [2.05, 4.69) is 5.32 Å². The van der Waals surface area contributed by atoms with Crippen molar-refractivity contribution in [3.63, 3.8) is 0 Å². The number of methoxy groups -OCH3 is 1. The maximum absolute atomic E-state index is 12.0. The zero-order valence-electron chi connectivity index (χ0n) is 10.4. The molecule has 0 bridgehead atoms. The van der Waals surface area contributed by atoms with Crippen molar-refractivity contribution in [3.05, 3.63) is 29.8 Å². The first-order chi connectivity index (χ1) is 8.69. The molecule has 1 fully saturated rings. The minimum absolute atomic E-state index is 0.0861. The standard InChI is InChI=1S/C14H17NO3/c1-18-13-8-2-10(3-9-13)14(17)15-11-4-6-12(16)7-5-11/h2-3,8-9,11H,4-7H2,1H3,(H,15,17). The summed E-state index contributed by atoms with van der Waals surface area (Å²) in [4.78, 5) is 23.1. The number of carbonyl (C=O) groups is 2. The number of hydrogen-bond acceptors (Lipinski definition) is 3. The second kappa shape index (κ2) is 5.67. The van der Waals surface area contributed by atoms with Crippen LogP contribution in [0.15, 0.2) is 24.3 Å². The van der Waals surface area contributed by atoms with Gasteiger partial charge in [0.2, 0.25) is 0 Å². The summed E-state index contributed by atoms with van der Waals surface area (Å²) in [6.07, 6.45) is 2.66. The van der Waals surface area contributed by atoms with Crippen LogP contribution in [0.25, 0.3) is 0 Å². The Morgan fingerprint density at radius 3 is 2.39 bits per heavy atom. The average Bonchev–Trinajstić information content (AvgIpc) is 2.41. The fourth-order valence-electron chi connectivity index (χ4n) is 2.10. The summed E-state index contributed by atoms with van der Waals surface area (Å²) in [5.74, 6) is 0.941. The van der Waals surface area contributed by atoms with Crippen molar-refractivity contribution in [1.29, 1.82) is 0 Å². The van der Waals surface area contributed by atoms with Crippen LogP contribution in [0.4, 0.5) is 0 Å². The van der Waals surface area contributed by atoms with Crippen LogP contribution in [0.2, 0.25) is 0 Å². The van der Waals surface area contributed by atoms with Gasteiger partial charge in [-0.1, -0.05) is 0 Å². The van der Waals surface area contributed by atoms with E-state index in [1.165, 1.54) is 0 Å². The monoisotopic (exact) mass is 247 g/mol. The van der Waals surface area contributed by atoms with Crippen LogP contribution in [0.5, 0.6) is 5.75 Å². The largest absolute Gasteiger partial charge is 0.497 e. The minimum Gasteiger partial charge on any atom is -0.497 e. The van der Waals surface area contributed by atoms with Gasteiger partial charge in [0.1, 0.15) is 11.5 Å². The molecule has 0 aliphatic heterocycles. The molecule has 0 aromatic heterocycles. The van der Waals surface area contributed by atoms with Crippen LogP contribution in [-0.4, -0.2) is 24.8 Å². The van der Waals surface area contributed by atoms with Gasteiger partial charge in [-0.05, 0) is 37.1 Å². The van der Waals surface area contributed by atoms with Gasteiger partial charge >= 0.3 is 0 Å². The quantitative estimate of drug-likeness (QED) is 0.888. The van der Waals surface area contributed by atoms with Crippen molar-refractivity contribution in [2.75, 3.05) is 7.11 Å². The molecule has 1 amide bonds. The third kappa shape index (κ3) is 3.09. The van der Waals surface area contributed by atoms with Crippen molar-refractivity contribution < 1.29 is 14.3 Å². The molecule has 1 aromatic rings. The molecule has 4 heteroatoms. The SMILES string of the molecule is COc1ccc(C(=O)NC2CCC(=O)CC2)cc1. The Morgan fingerprint density at radius 2 is 1.83 bits per heavy atom. The van der Waals surface area contributed by atoms with Crippen LogP contribution < -0.4 is 10.1 Å². The molecule has 0 radical (unpaired) electrons. The molecule has 0 atom stereocenters. The highest BCUT2D eigenvalue weighted by Crippen LogP contribution is 2.16. The highest BCUT2D eigenvalue weighted by Gasteiger charge is 2.20. The smallest absolute Gasteiger partial charge is 0.251 e. The van der Waals surface area contributed by atoms with E-state index in [1.807, 2.05) is 0 Å². The van der Waals surface area contributed by atoms with Gasteiger partial charge in [-0.15, -0.1) is 0 Å². The number of Topliss-reactive ketones (excluding diaryl/α,β-unsaturated/α-hetero) is 1. The van der Waals surface area contributed by atoms with E-state index >= 15 is 0 Å². The first kappa shape index (κ1) is 12.6. The molecule has 1 aliphatic rings. The summed E-state index contributed by atoms with van der Waals surface area (Å²) in [6, 6.07) is 7.13. The van der Waals surface area contributed by atoms with Crippen molar-refractivity contribution in [2.24, 2.45) is 0 Å². The molecule has 1 aromatic carbocycles. The molecule has 1 N–H and O–H groups in total. The van der Waals surface area contributed by atoms with Gasteiger partial charge in [-0.25, -0.2) is 0 Å². The van der Waals surface area contributed by atoms with Gasteiger partial charge in [-0.3, -0.25) is 9.59 Å². The van der Waals surface area contributed by atoms with Crippen molar-refractivity contribution in [2.45, 2.75) is 31.7 Å². The van der Waals surface area contributed by atoms with Crippen LogP contribution in [0.1, 0.15) is 36.0 Å². The molecule has 18 heavy (non-hydrogen) atoms. The molecule has 4 nitrogen and oxygen atoms in total. The van der Waals surface area contributed by atoms with Crippen LogP contribution in [0.3, 0.4) is 0 Å². The molecule has 0 spiro atoms. The van der Waals surface area contributed by atoms with Crippen molar-refractivity contribution >= 4 is 11.7 Å². The second-order valence-electron chi connectivity index (χ2n) is 4.51. The number of rotatable bonds is 3. The molecule has 2 rings (SSSR count). The van der Waals surface area contributed by atoms with Gasteiger partial charge < -0.3 is 10.1 Å². The van der Waals surface area contributed by atoms with E-state index in [0.29, 0.717) is 24.2 Å². The number of carbonyl (C=O) groups excluding carboxylic acids is 2. The topological polar surface area (TPSA) is 55.4 Å². The Hall–Kier alpha value is -1.84. The van der Waals surface area contributed by atoms with Gasteiger partial charge in [0.15, 0.2) is 0 Å². The van der Waals surface area contributed by atoms with Crippen LogP contribution >= 0.6 is 0 Å². The Balaban J connectivity index is 1.92. The van der Waals surface area contributed by atoms with Crippen molar-refractivity contribution in [1.82, 2.24) is 5.32 Å². The molecule has 0 saturated heterocycles. The van der Waals surface area contributed by atoms with Gasteiger partial charge in [-0.2, -0.15) is 0 Å². The van der Waals surface area contributed by atoms with E-state index in [9.17, 15) is 9.59 Å². The zero-order chi connectivity index (χ0) is 13.0. The first-order valence-corrected chi connectivity index (χ1v) is 6.15. The highest BCUT2D eigenvalue weighted by atomic mass is 16.5. The number of ketones is 1. The third-order valence-corrected chi connectivity index (χ3v) is 3.23. The Kier molecular flexibility index (Phi) is 3.97. The van der Waals surface area contributed by atoms with Crippen molar-refractivity contribution in [3.8, 4) is 5.75 Å². The first-order valence-electron chi connectivity index (χ1n) is 6.15. The summed E-state index contributed by atoms with van der Waals surface area (Å²) >= 11 is 0. The van der Waals surface area contributed by atoms with E-state index < -0.39 is 0 Å². The third-order valence-electron chi connectivity index (χ3n) is 3.23. The molecule has 1 saturated carbocycles. The fraction of sp³-hybridized carbons (Fsp3) is 0.429. The number of amides is 1. The summed E-state index contributed by atoms with van der Waals surface area (Å²) in [5, 5.41) is 2.96. The normalized spacial score (nSPS) is 16.4. The molecular formula is C14H17NO3. The number of ether oxygens (including phenoxy) is 1. The lowest BCUT2D eigenvalue weighted by Crippen LogP contribution is -2.37. The Labute approximate surface area is 106 Å². The van der Waals surface area contributed by atoms with E-state index in [1.54, 1.807) is 31.4 Å². The Morgan fingerprint density at radius 1 is 1.22 bits per heavy atom. The summed E-state index contributed by atoms with van der Waals surface area (Å²) < 4.78 is 5.04. The van der Waals surface area contributed by atoms with Gasteiger partial charge in [0.05, 0.1) is 7.11 Å². The summed E-state index contributed by atoms with van der Waals surface area (Å²) in [5.41, 5.74) is 0.618. The van der Waals surface area contributed by atoms with Crippen LogP contribution in [0, 0.1) is 0 Å². The lowest BCUT2D eigenvalue weighted by atomic mass is 9.94. The Bertz CT molecular complexity index is 429. The molecule has 0 heterocycles. The summed E-state index contributed by atoms with van der Waals surface area (Å²) in [6.45, 7) is 0. The lowest BCUT2D eigenvalue weighted by Gasteiger charge is -2.22.